The molecule has 0 unspecified atom stereocenters. The Morgan fingerprint density at radius 2 is 1.88 bits per heavy atom. The molecule has 0 aliphatic heterocycles. The molecule has 0 aliphatic carbocycles. The molecule has 0 bridgehead atoms. The second-order valence-electron chi connectivity index (χ2n) is 4.25. The van der Waals surface area contributed by atoms with Crippen molar-refractivity contribution in [2.24, 2.45) is 5.73 Å². The number of nitrogens with zero attached hydrogens (tertiary/aromatic N) is 2. The van der Waals surface area contributed by atoms with E-state index >= 15 is 0 Å². The summed E-state index contributed by atoms with van der Waals surface area (Å²) in [4.78, 5) is 0. The Hall–Kier alpha value is -1.13. The fourth-order valence-electron chi connectivity index (χ4n) is 1.91. The van der Waals surface area contributed by atoms with Gasteiger partial charge in [-0.05, 0) is 59.6 Å². The third-order valence-electron chi connectivity index (χ3n) is 2.59. The molecule has 1 aromatic carbocycles. The lowest BCUT2D eigenvalue weighted by Gasteiger charge is -2.04. The molecule has 2 rings (SSSR count). The fraction of sp³-hybridized carbons (Fsp3) is 0.308. The van der Waals surface area contributed by atoms with Crippen molar-refractivity contribution in [1.82, 2.24) is 9.78 Å². The van der Waals surface area contributed by atoms with Crippen molar-refractivity contribution in [3.8, 4) is 5.69 Å². The molecule has 0 radical (unpaired) electrons. The van der Waals surface area contributed by atoms with E-state index < -0.39 is 0 Å². The number of nitrogens with two attached hydrogens (primary N) is 1. The van der Waals surface area contributed by atoms with E-state index in [0.717, 1.165) is 22.3 Å². The second-order valence-corrected chi connectivity index (χ2v) is 5.11. The van der Waals surface area contributed by atoms with Gasteiger partial charge in [-0.25, -0.2) is 4.68 Å². The standard InChI is InChI=1S/C13H16BrN3/c1-9-5-10(2)7-11(6-9)17-8-12(14)13(16-17)3-4-15/h5-8H,3-4,15H2,1-2H3. The van der Waals surface area contributed by atoms with Crippen LogP contribution in [0.15, 0.2) is 28.9 Å². The average molecular weight is 294 g/mol. The Morgan fingerprint density at radius 3 is 2.47 bits per heavy atom. The van der Waals surface area contributed by atoms with Crippen molar-refractivity contribution >= 4 is 15.9 Å². The predicted molar refractivity (Wildman–Crippen MR) is 73.5 cm³/mol. The Balaban J connectivity index is 2.42. The van der Waals surface area contributed by atoms with Crippen LogP contribution >= 0.6 is 15.9 Å². The average Bonchev–Trinajstić information content (AvgIpc) is 2.60. The van der Waals surface area contributed by atoms with Crippen LogP contribution in [-0.2, 0) is 6.42 Å². The van der Waals surface area contributed by atoms with Crippen LogP contribution < -0.4 is 5.73 Å². The largest absolute Gasteiger partial charge is 0.330 e. The Morgan fingerprint density at radius 1 is 1.24 bits per heavy atom. The topological polar surface area (TPSA) is 43.8 Å². The van der Waals surface area contributed by atoms with E-state index in [4.69, 9.17) is 5.73 Å². The lowest BCUT2D eigenvalue weighted by atomic mass is 10.1. The zero-order valence-electron chi connectivity index (χ0n) is 10.1. The minimum absolute atomic E-state index is 0.614. The third kappa shape index (κ3) is 2.76. The van der Waals surface area contributed by atoms with Crippen LogP contribution in [0.4, 0.5) is 0 Å². The lowest BCUT2D eigenvalue weighted by Crippen LogP contribution is -2.04. The van der Waals surface area contributed by atoms with Crippen molar-refractivity contribution in [2.45, 2.75) is 20.3 Å². The summed E-state index contributed by atoms with van der Waals surface area (Å²) in [6.07, 6.45) is 2.78. The SMILES string of the molecule is Cc1cc(C)cc(-n2cc(Br)c(CCN)n2)c1. The third-order valence-corrected chi connectivity index (χ3v) is 3.25. The normalized spacial score (nSPS) is 10.8. The summed E-state index contributed by atoms with van der Waals surface area (Å²) in [7, 11) is 0. The van der Waals surface area contributed by atoms with Crippen LogP contribution in [0.25, 0.3) is 5.69 Å². The van der Waals surface area contributed by atoms with Gasteiger partial charge in [-0.2, -0.15) is 5.10 Å². The Kier molecular flexibility index (Phi) is 3.64. The van der Waals surface area contributed by atoms with Crippen LogP contribution in [0, 0.1) is 13.8 Å². The predicted octanol–water partition coefficient (Wildman–Crippen LogP) is 2.75. The van der Waals surface area contributed by atoms with E-state index in [2.05, 4.69) is 53.1 Å². The first kappa shape index (κ1) is 12.3. The maximum Gasteiger partial charge on any atom is 0.0783 e. The molecular weight excluding hydrogens is 278 g/mol. The Bertz CT molecular complexity index is 511. The molecule has 90 valence electrons. The van der Waals surface area contributed by atoms with Gasteiger partial charge in [0.1, 0.15) is 0 Å². The molecule has 2 N–H and O–H groups in total. The first-order chi connectivity index (χ1) is 8.10. The van der Waals surface area contributed by atoms with E-state index in [-0.39, 0.29) is 0 Å². The van der Waals surface area contributed by atoms with Crippen LogP contribution in [0.3, 0.4) is 0 Å². The number of aryl methyl sites for hydroxylation is 2. The van der Waals surface area contributed by atoms with Crippen LogP contribution in [0.1, 0.15) is 16.8 Å². The molecule has 2 aromatic rings. The van der Waals surface area contributed by atoms with Gasteiger partial charge in [-0.15, -0.1) is 0 Å². The maximum atomic E-state index is 5.56. The minimum Gasteiger partial charge on any atom is -0.330 e. The van der Waals surface area contributed by atoms with E-state index in [1.807, 2.05) is 10.9 Å². The molecule has 0 aliphatic rings. The van der Waals surface area contributed by atoms with E-state index in [1.54, 1.807) is 0 Å². The summed E-state index contributed by atoms with van der Waals surface area (Å²) in [5.41, 5.74) is 10.1. The van der Waals surface area contributed by atoms with E-state index in [9.17, 15) is 0 Å². The number of hydrogen-bond acceptors (Lipinski definition) is 2. The highest BCUT2D eigenvalue weighted by molar-refractivity contribution is 9.10. The molecule has 3 nitrogen and oxygen atoms in total. The van der Waals surface area contributed by atoms with E-state index in [0.29, 0.717) is 6.54 Å². The summed E-state index contributed by atoms with van der Waals surface area (Å²) < 4.78 is 2.91. The molecule has 17 heavy (non-hydrogen) atoms. The van der Waals surface area contributed by atoms with Gasteiger partial charge in [-0.3, -0.25) is 0 Å². The van der Waals surface area contributed by atoms with Gasteiger partial charge in [0.2, 0.25) is 0 Å². The molecule has 0 atom stereocenters. The van der Waals surface area contributed by atoms with Crippen molar-refractivity contribution < 1.29 is 0 Å². The van der Waals surface area contributed by atoms with Crippen molar-refractivity contribution in [1.29, 1.82) is 0 Å². The number of aromatic nitrogens is 2. The van der Waals surface area contributed by atoms with Gasteiger partial charge < -0.3 is 5.73 Å². The van der Waals surface area contributed by atoms with Gasteiger partial charge in [0, 0.05) is 12.6 Å². The number of hydrogen-bond donors (Lipinski definition) is 1. The monoisotopic (exact) mass is 293 g/mol. The van der Waals surface area contributed by atoms with Crippen molar-refractivity contribution in [3.05, 3.63) is 45.7 Å². The second kappa shape index (κ2) is 5.02. The van der Waals surface area contributed by atoms with Crippen molar-refractivity contribution in [3.63, 3.8) is 0 Å². The minimum atomic E-state index is 0.614. The fourth-order valence-corrected chi connectivity index (χ4v) is 2.38. The number of halogens is 1. The van der Waals surface area contributed by atoms with Gasteiger partial charge in [0.15, 0.2) is 0 Å². The summed E-state index contributed by atoms with van der Waals surface area (Å²) in [6.45, 7) is 4.80. The molecule has 0 amide bonds. The summed E-state index contributed by atoms with van der Waals surface area (Å²) >= 11 is 3.51. The first-order valence-electron chi connectivity index (χ1n) is 5.63. The van der Waals surface area contributed by atoms with Crippen LogP contribution in [-0.4, -0.2) is 16.3 Å². The molecule has 0 spiro atoms. The zero-order chi connectivity index (χ0) is 12.4. The molecule has 1 aromatic heterocycles. The zero-order valence-corrected chi connectivity index (χ0v) is 11.7. The highest BCUT2D eigenvalue weighted by Crippen LogP contribution is 2.19. The summed E-state index contributed by atoms with van der Waals surface area (Å²) in [5.74, 6) is 0. The van der Waals surface area contributed by atoms with Gasteiger partial charge in [0.25, 0.3) is 0 Å². The molecular formula is C13H16BrN3. The Labute approximate surface area is 110 Å². The quantitative estimate of drug-likeness (QED) is 0.946. The van der Waals surface area contributed by atoms with Gasteiger partial charge >= 0.3 is 0 Å². The number of benzene rings is 1. The van der Waals surface area contributed by atoms with Crippen LogP contribution in [0.5, 0.6) is 0 Å². The molecule has 1 heterocycles. The number of rotatable bonds is 3. The summed E-state index contributed by atoms with van der Waals surface area (Å²) in [5, 5.41) is 4.54. The van der Waals surface area contributed by atoms with E-state index in [1.165, 1.54) is 11.1 Å². The highest BCUT2D eigenvalue weighted by Gasteiger charge is 2.07. The molecule has 0 saturated carbocycles. The molecule has 0 fully saturated rings. The summed E-state index contributed by atoms with van der Waals surface area (Å²) in [6, 6.07) is 6.40. The smallest absolute Gasteiger partial charge is 0.0783 e. The van der Waals surface area contributed by atoms with Gasteiger partial charge in [0.05, 0.1) is 15.9 Å². The first-order valence-corrected chi connectivity index (χ1v) is 6.42. The maximum absolute atomic E-state index is 5.56. The molecule has 4 heteroatoms. The van der Waals surface area contributed by atoms with Crippen molar-refractivity contribution in [2.75, 3.05) is 6.54 Å². The molecule has 0 saturated heterocycles. The highest BCUT2D eigenvalue weighted by atomic mass is 79.9. The lowest BCUT2D eigenvalue weighted by molar-refractivity contribution is 0.820. The van der Waals surface area contributed by atoms with Gasteiger partial charge in [-0.1, -0.05) is 6.07 Å². The van der Waals surface area contributed by atoms with Crippen LogP contribution in [0.2, 0.25) is 0 Å².